The van der Waals surface area contributed by atoms with Gasteiger partial charge in [0.05, 0.1) is 23.0 Å². The van der Waals surface area contributed by atoms with Crippen molar-refractivity contribution in [2.75, 3.05) is 0 Å². The van der Waals surface area contributed by atoms with E-state index in [1.165, 1.54) is 16.9 Å². The number of fused-ring (bicyclic) bond motifs is 1. The first kappa shape index (κ1) is 18.1. The van der Waals surface area contributed by atoms with Crippen LogP contribution >= 0.6 is 0 Å². The Morgan fingerprint density at radius 1 is 1.25 bits per heavy atom. The molecule has 1 aliphatic carbocycles. The van der Waals surface area contributed by atoms with Crippen LogP contribution in [0.1, 0.15) is 46.2 Å². The number of hydrogen-bond donors (Lipinski definition) is 1. The fraction of sp³-hybridized carbons (Fsp3) is 0.263. The lowest BCUT2D eigenvalue weighted by Gasteiger charge is -2.22. The maximum Gasteiger partial charge on any atom is 0.433 e. The van der Waals surface area contributed by atoms with Crippen molar-refractivity contribution in [3.63, 3.8) is 0 Å². The van der Waals surface area contributed by atoms with Crippen LogP contribution < -0.4 is 5.32 Å². The average molecular weight is 387 g/mol. The molecule has 0 bridgehead atoms. The lowest BCUT2D eigenvalue weighted by molar-refractivity contribution is -0.141. The molecule has 4 rings (SSSR count). The SMILES string of the molecule is O=C(NC1CCCc2nn(-c3ccnc(C(F)(F)F)c3)cc21)c1cccnc1. The molecule has 0 aliphatic heterocycles. The van der Waals surface area contributed by atoms with Crippen molar-refractivity contribution in [3.8, 4) is 5.69 Å². The van der Waals surface area contributed by atoms with Crippen molar-refractivity contribution in [2.24, 2.45) is 0 Å². The number of rotatable bonds is 3. The van der Waals surface area contributed by atoms with Crippen molar-refractivity contribution in [1.82, 2.24) is 25.1 Å². The summed E-state index contributed by atoms with van der Waals surface area (Å²) in [6, 6.07) is 5.53. The van der Waals surface area contributed by atoms with Gasteiger partial charge in [0, 0.05) is 30.4 Å². The monoisotopic (exact) mass is 387 g/mol. The standard InChI is InChI=1S/C19H16F3N5O/c20-19(21,22)17-9-13(6-8-24-17)27-11-14-15(4-1-5-16(14)26-27)25-18(28)12-3-2-7-23-10-12/h2-3,6-11,15H,1,4-5H2,(H,25,28). The fourth-order valence-electron chi connectivity index (χ4n) is 3.28. The topological polar surface area (TPSA) is 72.7 Å². The van der Waals surface area contributed by atoms with E-state index in [4.69, 9.17) is 0 Å². The van der Waals surface area contributed by atoms with Crippen molar-refractivity contribution in [2.45, 2.75) is 31.5 Å². The molecular weight excluding hydrogens is 371 g/mol. The first-order chi connectivity index (χ1) is 13.4. The van der Waals surface area contributed by atoms with Gasteiger partial charge in [-0.25, -0.2) is 4.68 Å². The van der Waals surface area contributed by atoms with Crippen molar-refractivity contribution >= 4 is 5.91 Å². The van der Waals surface area contributed by atoms with Gasteiger partial charge in [0.1, 0.15) is 5.69 Å². The molecule has 0 fully saturated rings. The molecule has 28 heavy (non-hydrogen) atoms. The van der Waals surface area contributed by atoms with E-state index < -0.39 is 11.9 Å². The van der Waals surface area contributed by atoms with E-state index in [9.17, 15) is 18.0 Å². The zero-order valence-electron chi connectivity index (χ0n) is 14.6. The Labute approximate surface area is 158 Å². The third-order valence-electron chi connectivity index (χ3n) is 4.63. The third-order valence-corrected chi connectivity index (χ3v) is 4.63. The van der Waals surface area contributed by atoms with E-state index in [1.807, 2.05) is 0 Å². The number of amides is 1. The Hall–Kier alpha value is -3.23. The Bertz CT molecular complexity index is 1000. The van der Waals surface area contributed by atoms with Gasteiger partial charge < -0.3 is 5.32 Å². The van der Waals surface area contributed by atoms with E-state index in [0.717, 1.165) is 36.4 Å². The van der Waals surface area contributed by atoms with Crippen LogP contribution in [0.25, 0.3) is 5.69 Å². The minimum atomic E-state index is -4.52. The second-order valence-electron chi connectivity index (χ2n) is 6.53. The predicted molar refractivity (Wildman–Crippen MR) is 93.7 cm³/mol. The molecule has 6 nitrogen and oxygen atoms in total. The third kappa shape index (κ3) is 3.60. The summed E-state index contributed by atoms with van der Waals surface area (Å²) < 4.78 is 40.2. The summed E-state index contributed by atoms with van der Waals surface area (Å²) in [5.41, 5.74) is 1.34. The smallest absolute Gasteiger partial charge is 0.345 e. The number of nitrogens with one attached hydrogen (secondary N) is 1. The highest BCUT2D eigenvalue weighted by Gasteiger charge is 2.33. The first-order valence-corrected chi connectivity index (χ1v) is 8.75. The molecule has 1 amide bonds. The van der Waals surface area contributed by atoms with E-state index in [1.54, 1.807) is 24.5 Å². The van der Waals surface area contributed by atoms with Crippen LogP contribution in [0.15, 0.2) is 49.1 Å². The van der Waals surface area contributed by atoms with Gasteiger partial charge in [0.15, 0.2) is 0 Å². The molecule has 3 heterocycles. The fourth-order valence-corrected chi connectivity index (χ4v) is 3.28. The lowest BCUT2D eigenvalue weighted by Crippen LogP contribution is -2.30. The molecule has 1 unspecified atom stereocenters. The number of pyridine rings is 2. The van der Waals surface area contributed by atoms with Gasteiger partial charge in [-0.3, -0.25) is 14.8 Å². The Kier molecular flexibility index (Phi) is 4.58. The Morgan fingerprint density at radius 3 is 2.86 bits per heavy atom. The number of alkyl halides is 3. The molecule has 0 saturated heterocycles. The molecule has 1 atom stereocenters. The number of aryl methyl sites for hydroxylation is 1. The molecular formula is C19H16F3N5O. The maximum absolute atomic E-state index is 12.9. The van der Waals surface area contributed by atoms with Gasteiger partial charge in [0.2, 0.25) is 0 Å². The highest BCUT2D eigenvalue weighted by Crippen LogP contribution is 2.32. The molecule has 0 saturated carbocycles. The van der Waals surface area contributed by atoms with Crippen molar-refractivity contribution in [3.05, 3.63) is 71.6 Å². The molecule has 9 heteroatoms. The normalized spacial score (nSPS) is 16.5. The van der Waals surface area contributed by atoms with E-state index in [0.29, 0.717) is 12.0 Å². The second-order valence-corrected chi connectivity index (χ2v) is 6.53. The highest BCUT2D eigenvalue weighted by molar-refractivity contribution is 5.94. The van der Waals surface area contributed by atoms with E-state index >= 15 is 0 Å². The Balaban J connectivity index is 1.61. The molecule has 0 radical (unpaired) electrons. The number of hydrogen-bond acceptors (Lipinski definition) is 4. The summed E-state index contributed by atoms with van der Waals surface area (Å²) in [6.45, 7) is 0. The molecule has 1 N–H and O–H groups in total. The molecule has 3 aromatic rings. The number of carbonyl (C=O) groups is 1. The van der Waals surface area contributed by atoms with Crippen LogP contribution in [0.2, 0.25) is 0 Å². The number of carbonyl (C=O) groups excluding carboxylic acids is 1. The quantitative estimate of drug-likeness (QED) is 0.747. The molecule has 0 aromatic carbocycles. The average Bonchev–Trinajstić information content (AvgIpc) is 3.13. The highest BCUT2D eigenvalue weighted by atomic mass is 19.4. The second kappa shape index (κ2) is 7.06. The zero-order valence-corrected chi connectivity index (χ0v) is 14.6. The number of halogens is 3. The van der Waals surface area contributed by atoms with Crippen LogP contribution in [0.3, 0.4) is 0 Å². The summed E-state index contributed by atoms with van der Waals surface area (Å²) in [5, 5.41) is 7.40. The summed E-state index contributed by atoms with van der Waals surface area (Å²) >= 11 is 0. The molecule has 144 valence electrons. The van der Waals surface area contributed by atoms with Crippen LogP contribution in [-0.4, -0.2) is 25.7 Å². The summed E-state index contributed by atoms with van der Waals surface area (Å²) in [7, 11) is 0. The lowest BCUT2D eigenvalue weighted by atomic mass is 9.93. The number of aromatic nitrogens is 4. The van der Waals surface area contributed by atoms with Crippen LogP contribution in [0, 0.1) is 0 Å². The minimum Gasteiger partial charge on any atom is -0.345 e. The minimum absolute atomic E-state index is 0.248. The van der Waals surface area contributed by atoms with Gasteiger partial charge in [-0.05, 0) is 43.5 Å². The maximum atomic E-state index is 12.9. The van der Waals surface area contributed by atoms with Crippen LogP contribution in [0.5, 0.6) is 0 Å². The summed E-state index contributed by atoms with van der Waals surface area (Å²) in [5.74, 6) is -0.248. The molecule has 1 aliphatic rings. The van der Waals surface area contributed by atoms with Gasteiger partial charge in [0.25, 0.3) is 5.91 Å². The van der Waals surface area contributed by atoms with Crippen LogP contribution in [0.4, 0.5) is 13.2 Å². The van der Waals surface area contributed by atoms with Gasteiger partial charge in [-0.1, -0.05) is 0 Å². The van der Waals surface area contributed by atoms with Crippen molar-refractivity contribution < 1.29 is 18.0 Å². The van der Waals surface area contributed by atoms with Crippen LogP contribution in [-0.2, 0) is 12.6 Å². The largest absolute Gasteiger partial charge is 0.433 e. The first-order valence-electron chi connectivity index (χ1n) is 8.75. The summed E-state index contributed by atoms with van der Waals surface area (Å²) in [4.78, 5) is 19.8. The van der Waals surface area contributed by atoms with Gasteiger partial charge >= 0.3 is 6.18 Å². The van der Waals surface area contributed by atoms with E-state index in [-0.39, 0.29) is 17.6 Å². The number of nitrogens with zero attached hydrogens (tertiary/aromatic N) is 4. The molecule has 3 aromatic heterocycles. The molecule has 0 spiro atoms. The van der Waals surface area contributed by atoms with Gasteiger partial charge in [-0.15, -0.1) is 0 Å². The van der Waals surface area contributed by atoms with Gasteiger partial charge in [-0.2, -0.15) is 18.3 Å². The van der Waals surface area contributed by atoms with Crippen molar-refractivity contribution in [1.29, 1.82) is 0 Å². The predicted octanol–water partition coefficient (Wildman–Crippen LogP) is 3.49. The Morgan fingerprint density at radius 2 is 2.11 bits per heavy atom. The van der Waals surface area contributed by atoms with E-state index in [2.05, 4.69) is 20.4 Å². The zero-order chi connectivity index (χ0) is 19.7. The summed E-state index contributed by atoms with van der Waals surface area (Å²) in [6.07, 6.45) is 3.60.